The number of imidazole rings is 1. The van der Waals surface area contributed by atoms with E-state index in [9.17, 15) is 4.79 Å². The average Bonchev–Trinajstić information content (AvgIpc) is 2.86. The van der Waals surface area contributed by atoms with Crippen molar-refractivity contribution in [1.29, 1.82) is 0 Å². The van der Waals surface area contributed by atoms with Crippen molar-refractivity contribution in [2.75, 3.05) is 13.7 Å². The lowest BCUT2D eigenvalue weighted by Gasteiger charge is -2.00. The second kappa shape index (κ2) is 6.42. The number of H-pyrrole nitrogens is 1. The number of ether oxygens (including phenoxy) is 1. The Hall–Kier alpha value is -2.02. The average molecular weight is 292 g/mol. The Kier molecular flexibility index (Phi) is 4.62. The topological polar surface area (TPSA) is 93.4 Å². The Morgan fingerprint density at radius 2 is 2.35 bits per heavy atom. The van der Waals surface area contributed by atoms with Gasteiger partial charge in [-0.1, -0.05) is 11.8 Å². The first-order valence-corrected chi connectivity index (χ1v) is 7.13. The van der Waals surface area contributed by atoms with Crippen LogP contribution in [0.1, 0.15) is 23.1 Å². The summed E-state index contributed by atoms with van der Waals surface area (Å²) in [4.78, 5) is 23.1. The molecule has 6 nitrogen and oxygen atoms in total. The Morgan fingerprint density at radius 1 is 1.55 bits per heavy atom. The van der Waals surface area contributed by atoms with Crippen LogP contribution in [0.5, 0.6) is 0 Å². The number of carbonyl (C=O) groups excluding carboxylic acids is 1. The van der Waals surface area contributed by atoms with E-state index in [1.165, 1.54) is 11.8 Å². The van der Waals surface area contributed by atoms with E-state index >= 15 is 0 Å². The van der Waals surface area contributed by atoms with Crippen LogP contribution in [0.15, 0.2) is 23.2 Å². The molecular weight excluding hydrogens is 276 g/mol. The normalized spacial score (nSPS) is 11.8. The zero-order valence-electron chi connectivity index (χ0n) is 11.3. The van der Waals surface area contributed by atoms with Gasteiger partial charge in [-0.05, 0) is 25.1 Å². The van der Waals surface area contributed by atoms with E-state index in [1.807, 2.05) is 0 Å². The fourth-order valence-electron chi connectivity index (χ4n) is 1.68. The van der Waals surface area contributed by atoms with E-state index in [0.717, 1.165) is 16.9 Å². The molecular formula is C13H16N4O2S. The molecule has 1 heterocycles. The van der Waals surface area contributed by atoms with E-state index in [1.54, 1.807) is 32.2 Å². The molecule has 3 N–H and O–H groups in total. The summed E-state index contributed by atoms with van der Waals surface area (Å²) < 4.78 is 4.97. The molecule has 0 atom stereocenters. The van der Waals surface area contributed by atoms with Crippen molar-refractivity contribution < 1.29 is 9.53 Å². The molecule has 0 aliphatic rings. The zero-order chi connectivity index (χ0) is 14.5. The number of carbonyl (C=O) groups is 1. The van der Waals surface area contributed by atoms with Crippen LogP contribution in [-0.4, -0.2) is 34.8 Å². The number of hydrogen-bond donors (Lipinski definition) is 2. The Bertz CT molecular complexity index is 651. The van der Waals surface area contributed by atoms with E-state index in [2.05, 4.69) is 15.0 Å². The van der Waals surface area contributed by atoms with Gasteiger partial charge in [0.1, 0.15) is 5.82 Å². The molecule has 2 rings (SSSR count). The van der Waals surface area contributed by atoms with Gasteiger partial charge < -0.3 is 15.5 Å². The minimum Gasteiger partial charge on any atom is -0.462 e. The number of aliphatic imine (C=N–C) groups is 1. The highest BCUT2D eigenvalue weighted by atomic mass is 32.2. The third-order valence-electron chi connectivity index (χ3n) is 2.62. The summed E-state index contributed by atoms with van der Waals surface area (Å²) in [6.45, 7) is 2.14. The summed E-state index contributed by atoms with van der Waals surface area (Å²) in [7, 11) is 1.65. The highest BCUT2D eigenvalue weighted by molar-refractivity contribution is 8.13. The van der Waals surface area contributed by atoms with Gasteiger partial charge in [0.2, 0.25) is 0 Å². The lowest BCUT2D eigenvalue weighted by atomic mass is 10.2. The molecule has 0 amide bonds. The van der Waals surface area contributed by atoms with Crippen molar-refractivity contribution in [3.05, 3.63) is 29.6 Å². The molecule has 0 fully saturated rings. The number of fused-ring (bicyclic) bond motifs is 1. The van der Waals surface area contributed by atoms with Gasteiger partial charge in [0.15, 0.2) is 5.17 Å². The molecule has 1 aromatic heterocycles. The van der Waals surface area contributed by atoms with Crippen molar-refractivity contribution >= 4 is 33.9 Å². The fraction of sp³-hybridized carbons (Fsp3) is 0.308. The van der Waals surface area contributed by atoms with Crippen LogP contribution in [0, 0.1) is 0 Å². The largest absolute Gasteiger partial charge is 0.462 e. The number of thioether (sulfide) groups is 1. The number of nitrogens with one attached hydrogen (secondary N) is 1. The molecule has 20 heavy (non-hydrogen) atoms. The number of hydrogen-bond acceptors (Lipinski definition) is 5. The number of esters is 1. The molecule has 2 aromatic rings. The van der Waals surface area contributed by atoms with Crippen LogP contribution in [0.4, 0.5) is 0 Å². The van der Waals surface area contributed by atoms with Gasteiger partial charge in [0, 0.05) is 7.05 Å². The van der Waals surface area contributed by atoms with E-state index < -0.39 is 0 Å². The highest BCUT2D eigenvalue weighted by Crippen LogP contribution is 2.17. The van der Waals surface area contributed by atoms with Crippen molar-refractivity contribution in [1.82, 2.24) is 9.97 Å². The Labute approximate surface area is 120 Å². The fourth-order valence-corrected chi connectivity index (χ4v) is 2.23. The number of benzene rings is 1. The molecule has 0 saturated carbocycles. The second-order valence-electron chi connectivity index (χ2n) is 3.99. The van der Waals surface area contributed by atoms with Crippen molar-refractivity contribution in [2.45, 2.75) is 12.7 Å². The summed E-state index contributed by atoms with van der Waals surface area (Å²) in [5.41, 5.74) is 7.74. The van der Waals surface area contributed by atoms with E-state index in [-0.39, 0.29) is 5.97 Å². The summed E-state index contributed by atoms with van der Waals surface area (Å²) in [6, 6.07) is 5.25. The quantitative estimate of drug-likeness (QED) is 0.510. The monoisotopic (exact) mass is 292 g/mol. The second-order valence-corrected chi connectivity index (χ2v) is 4.98. The third kappa shape index (κ3) is 3.30. The van der Waals surface area contributed by atoms with E-state index in [0.29, 0.717) is 23.1 Å². The molecule has 0 aliphatic carbocycles. The maximum absolute atomic E-state index is 11.7. The lowest BCUT2D eigenvalue weighted by molar-refractivity contribution is 0.0526. The first-order chi connectivity index (χ1) is 9.63. The summed E-state index contributed by atoms with van der Waals surface area (Å²) in [6.07, 6.45) is 0. The predicted octanol–water partition coefficient (Wildman–Crippen LogP) is 1.92. The molecule has 0 saturated heterocycles. The van der Waals surface area contributed by atoms with Gasteiger partial charge in [0.05, 0.1) is 29.0 Å². The standard InChI is InChI=1S/C13H16N4O2S/c1-3-19-12(18)8-4-5-9-10(6-8)17-11(16-9)7-20-13(14)15-2/h4-6H,3,7H2,1-2H3,(H2,14,15)(H,16,17). The first kappa shape index (κ1) is 14.4. The predicted molar refractivity (Wildman–Crippen MR) is 80.9 cm³/mol. The Balaban J connectivity index is 2.19. The summed E-state index contributed by atoms with van der Waals surface area (Å²) in [5.74, 6) is 1.06. The number of amidine groups is 1. The molecule has 0 bridgehead atoms. The Morgan fingerprint density at radius 3 is 3.05 bits per heavy atom. The highest BCUT2D eigenvalue weighted by Gasteiger charge is 2.10. The van der Waals surface area contributed by atoms with Gasteiger partial charge in [-0.15, -0.1) is 0 Å². The lowest BCUT2D eigenvalue weighted by Crippen LogP contribution is -2.06. The van der Waals surface area contributed by atoms with Crippen LogP contribution in [0.25, 0.3) is 11.0 Å². The molecule has 0 spiro atoms. The van der Waals surface area contributed by atoms with Crippen LogP contribution in [-0.2, 0) is 10.5 Å². The van der Waals surface area contributed by atoms with Crippen LogP contribution in [0.2, 0.25) is 0 Å². The zero-order valence-corrected chi connectivity index (χ0v) is 12.2. The smallest absolute Gasteiger partial charge is 0.338 e. The number of aromatic amines is 1. The number of nitrogens with two attached hydrogens (primary N) is 1. The molecule has 0 aliphatic heterocycles. The number of aromatic nitrogens is 2. The number of nitrogens with zero attached hydrogens (tertiary/aromatic N) is 2. The minimum absolute atomic E-state index is 0.331. The van der Waals surface area contributed by atoms with Gasteiger partial charge in [-0.2, -0.15) is 0 Å². The number of rotatable bonds is 4. The molecule has 106 valence electrons. The van der Waals surface area contributed by atoms with Crippen LogP contribution >= 0.6 is 11.8 Å². The first-order valence-electron chi connectivity index (χ1n) is 6.15. The molecule has 0 radical (unpaired) electrons. The van der Waals surface area contributed by atoms with Gasteiger partial charge in [0.25, 0.3) is 0 Å². The van der Waals surface area contributed by atoms with Crippen LogP contribution < -0.4 is 5.73 Å². The summed E-state index contributed by atoms with van der Waals surface area (Å²) in [5, 5.41) is 0.512. The summed E-state index contributed by atoms with van der Waals surface area (Å²) >= 11 is 1.41. The van der Waals surface area contributed by atoms with Crippen molar-refractivity contribution in [2.24, 2.45) is 10.7 Å². The third-order valence-corrected chi connectivity index (χ3v) is 3.52. The maximum Gasteiger partial charge on any atom is 0.338 e. The van der Waals surface area contributed by atoms with E-state index in [4.69, 9.17) is 10.5 Å². The van der Waals surface area contributed by atoms with Gasteiger partial charge in [-0.3, -0.25) is 4.99 Å². The van der Waals surface area contributed by atoms with Gasteiger partial charge in [-0.25, -0.2) is 9.78 Å². The molecule has 0 unspecified atom stereocenters. The van der Waals surface area contributed by atoms with Crippen LogP contribution in [0.3, 0.4) is 0 Å². The molecule has 7 heteroatoms. The van der Waals surface area contributed by atoms with Crippen molar-refractivity contribution in [3.63, 3.8) is 0 Å². The van der Waals surface area contributed by atoms with Crippen molar-refractivity contribution in [3.8, 4) is 0 Å². The SMILES string of the molecule is CCOC(=O)c1ccc2nc(CSC(N)=NC)[nH]c2c1. The minimum atomic E-state index is -0.331. The van der Waals surface area contributed by atoms with Gasteiger partial charge >= 0.3 is 5.97 Å². The maximum atomic E-state index is 11.7. The molecule has 1 aromatic carbocycles.